The molecule has 1 saturated carbocycles. The van der Waals surface area contributed by atoms with Crippen LogP contribution in [0.25, 0.3) is 0 Å². The summed E-state index contributed by atoms with van der Waals surface area (Å²) in [6.45, 7) is 1.06. The zero-order valence-electron chi connectivity index (χ0n) is 18.7. The van der Waals surface area contributed by atoms with Gasteiger partial charge in [0.2, 0.25) is 5.91 Å². The van der Waals surface area contributed by atoms with Crippen molar-refractivity contribution in [3.8, 4) is 5.75 Å². The number of aliphatic hydroxyl groups is 1. The molecule has 0 bridgehead atoms. The molecule has 2 fully saturated rings. The summed E-state index contributed by atoms with van der Waals surface area (Å²) in [5.74, 6) is 0.179. The average Bonchev–Trinajstić information content (AvgIpc) is 3.21. The van der Waals surface area contributed by atoms with Gasteiger partial charge in [-0.3, -0.25) is 4.79 Å². The van der Waals surface area contributed by atoms with Crippen LogP contribution >= 0.6 is 0 Å². The highest BCUT2D eigenvalue weighted by molar-refractivity contribution is 5.83. The molecule has 1 aromatic rings. The molecule has 1 amide bonds. The number of hydrogen-bond donors (Lipinski definition) is 2. The van der Waals surface area contributed by atoms with E-state index in [-0.39, 0.29) is 44.0 Å². The zero-order valence-corrected chi connectivity index (χ0v) is 18.7. The summed E-state index contributed by atoms with van der Waals surface area (Å²) in [6.07, 6.45) is -1.50. The lowest BCUT2D eigenvalue weighted by Crippen LogP contribution is -2.51. The number of fused-ring (bicyclic) bond motifs is 1. The fraction of sp³-hybridized carbons (Fsp3) is 0.696. The molecule has 2 N–H and O–H groups in total. The maximum Gasteiger partial charge on any atom is 0.416 e. The number of carbonyl (C=O) groups excluding carboxylic acids is 1. The molecule has 7 nitrogen and oxygen atoms in total. The van der Waals surface area contributed by atoms with Crippen molar-refractivity contribution in [1.82, 2.24) is 10.2 Å². The largest absolute Gasteiger partial charge is 0.473 e. The maximum atomic E-state index is 13.6. The summed E-state index contributed by atoms with van der Waals surface area (Å²) in [6, 6.07) is 3.54. The number of methoxy groups -OCH3 is 1. The second kappa shape index (κ2) is 9.77. The number of alkyl halides is 3. The van der Waals surface area contributed by atoms with Crippen LogP contribution in [0.4, 0.5) is 13.2 Å². The number of amides is 1. The highest BCUT2D eigenvalue weighted by atomic mass is 19.4. The second-order valence-corrected chi connectivity index (χ2v) is 9.20. The standard InChI is InChI=1S/C23H31F3N2O5/c1-31-20-13-32-9-5-18(20)27-17-4-6-22(11-17,7-8-29)21(30)28-12-15-10-16(23(24,25)26)2-3-19(15)33-14-28/h2-3,10,17-18,20,27,29H,4-9,11-14H2,1H3. The lowest BCUT2D eigenvalue weighted by molar-refractivity contribution is -0.148. The first-order chi connectivity index (χ1) is 15.8. The van der Waals surface area contributed by atoms with Crippen LogP contribution in [-0.4, -0.2) is 67.8 Å². The normalized spacial score (nSPS) is 30.1. The predicted molar refractivity (Wildman–Crippen MR) is 112 cm³/mol. The Balaban J connectivity index is 1.46. The van der Waals surface area contributed by atoms with E-state index in [1.165, 1.54) is 11.0 Å². The van der Waals surface area contributed by atoms with Gasteiger partial charge >= 0.3 is 6.18 Å². The third kappa shape index (κ3) is 5.13. The summed E-state index contributed by atoms with van der Waals surface area (Å²) in [5.41, 5.74) is -1.21. The zero-order chi connectivity index (χ0) is 23.6. The van der Waals surface area contributed by atoms with Gasteiger partial charge in [0.15, 0.2) is 6.73 Å². The predicted octanol–water partition coefficient (Wildman–Crippen LogP) is 2.70. The number of nitrogens with zero attached hydrogens (tertiary/aromatic N) is 1. The van der Waals surface area contributed by atoms with E-state index < -0.39 is 17.2 Å². The summed E-state index contributed by atoms with van der Waals surface area (Å²) in [5, 5.41) is 13.3. The first kappa shape index (κ1) is 24.3. The number of benzene rings is 1. The van der Waals surface area contributed by atoms with Crippen molar-refractivity contribution in [3.05, 3.63) is 29.3 Å². The molecule has 0 aromatic heterocycles. The third-order valence-corrected chi connectivity index (χ3v) is 7.12. The van der Waals surface area contributed by atoms with Gasteiger partial charge in [0, 0.05) is 38.0 Å². The lowest BCUT2D eigenvalue weighted by atomic mass is 9.81. The van der Waals surface area contributed by atoms with E-state index in [2.05, 4.69) is 5.32 Å². The monoisotopic (exact) mass is 472 g/mol. The Morgan fingerprint density at radius 2 is 2.18 bits per heavy atom. The Hall–Kier alpha value is -1.88. The first-order valence-corrected chi connectivity index (χ1v) is 11.4. The van der Waals surface area contributed by atoms with Crippen LogP contribution in [0.2, 0.25) is 0 Å². The molecule has 1 aliphatic carbocycles. The molecule has 0 spiro atoms. The van der Waals surface area contributed by atoms with Gasteiger partial charge in [0.25, 0.3) is 0 Å². The van der Waals surface area contributed by atoms with Crippen molar-refractivity contribution in [3.63, 3.8) is 0 Å². The third-order valence-electron chi connectivity index (χ3n) is 7.12. The Morgan fingerprint density at radius 3 is 2.91 bits per heavy atom. The smallest absolute Gasteiger partial charge is 0.416 e. The van der Waals surface area contributed by atoms with Gasteiger partial charge in [-0.2, -0.15) is 13.2 Å². The molecule has 4 rings (SSSR count). The van der Waals surface area contributed by atoms with Crippen LogP contribution in [0.5, 0.6) is 5.75 Å². The molecule has 1 aromatic carbocycles. The van der Waals surface area contributed by atoms with E-state index >= 15 is 0 Å². The van der Waals surface area contributed by atoms with Crippen LogP contribution < -0.4 is 10.1 Å². The second-order valence-electron chi connectivity index (χ2n) is 9.20. The number of hydrogen-bond acceptors (Lipinski definition) is 6. The molecule has 4 atom stereocenters. The van der Waals surface area contributed by atoms with Gasteiger partial charge in [0.05, 0.1) is 30.2 Å². The van der Waals surface area contributed by atoms with Crippen LogP contribution in [0.15, 0.2) is 18.2 Å². The number of carbonyl (C=O) groups is 1. The molecule has 184 valence electrons. The highest BCUT2D eigenvalue weighted by Gasteiger charge is 2.48. The molecule has 4 unspecified atom stereocenters. The molecule has 2 heterocycles. The first-order valence-electron chi connectivity index (χ1n) is 11.4. The Morgan fingerprint density at radius 1 is 1.36 bits per heavy atom. The van der Waals surface area contributed by atoms with Crippen molar-refractivity contribution >= 4 is 5.91 Å². The van der Waals surface area contributed by atoms with Crippen LogP contribution in [-0.2, 0) is 27.0 Å². The molecule has 3 aliphatic rings. The van der Waals surface area contributed by atoms with E-state index in [9.17, 15) is 23.1 Å². The van der Waals surface area contributed by atoms with Gasteiger partial charge in [-0.1, -0.05) is 0 Å². The molecule has 0 radical (unpaired) electrons. The Bertz CT molecular complexity index is 852. The van der Waals surface area contributed by atoms with E-state index in [1.807, 2.05) is 0 Å². The van der Waals surface area contributed by atoms with Gasteiger partial charge in [-0.25, -0.2) is 0 Å². The van der Waals surface area contributed by atoms with Crippen molar-refractivity contribution in [1.29, 1.82) is 0 Å². The van der Waals surface area contributed by atoms with Gasteiger partial charge in [-0.05, 0) is 50.3 Å². The van der Waals surface area contributed by atoms with Gasteiger partial charge < -0.3 is 29.5 Å². The summed E-state index contributed by atoms with van der Waals surface area (Å²) in [4.78, 5) is 15.1. The Labute approximate surface area is 191 Å². The van der Waals surface area contributed by atoms with Crippen LogP contribution in [0, 0.1) is 5.41 Å². The molecule has 2 aliphatic heterocycles. The number of rotatable bonds is 6. The van der Waals surface area contributed by atoms with E-state index in [0.717, 1.165) is 25.0 Å². The maximum absolute atomic E-state index is 13.6. The van der Waals surface area contributed by atoms with Gasteiger partial charge in [-0.15, -0.1) is 0 Å². The highest BCUT2D eigenvalue weighted by Crippen LogP contribution is 2.44. The van der Waals surface area contributed by atoms with Crippen molar-refractivity contribution < 1.29 is 37.3 Å². The number of aliphatic hydroxyl groups excluding tert-OH is 1. The number of halogens is 3. The van der Waals surface area contributed by atoms with Crippen LogP contribution in [0.3, 0.4) is 0 Å². The molecular formula is C23H31F3N2O5. The topological polar surface area (TPSA) is 80.3 Å². The minimum Gasteiger partial charge on any atom is -0.473 e. The number of nitrogens with one attached hydrogen (secondary N) is 1. The van der Waals surface area contributed by atoms with Crippen molar-refractivity contribution in [2.75, 3.05) is 33.7 Å². The van der Waals surface area contributed by atoms with Crippen molar-refractivity contribution in [2.24, 2.45) is 5.41 Å². The van der Waals surface area contributed by atoms with Gasteiger partial charge in [0.1, 0.15) is 5.75 Å². The molecule has 10 heteroatoms. The summed E-state index contributed by atoms with van der Waals surface area (Å²) in [7, 11) is 1.65. The average molecular weight is 473 g/mol. The van der Waals surface area contributed by atoms with E-state index in [4.69, 9.17) is 14.2 Å². The minimum atomic E-state index is -4.46. The molecule has 1 saturated heterocycles. The minimum absolute atomic E-state index is 0.0197. The van der Waals surface area contributed by atoms with Crippen LogP contribution in [0.1, 0.15) is 43.2 Å². The summed E-state index contributed by atoms with van der Waals surface area (Å²) >= 11 is 0. The van der Waals surface area contributed by atoms with E-state index in [0.29, 0.717) is 43.8 Å². The lowest BCUT2D eigenvalue weighted by Gasteiger charge is -2.37. The fourth-order valence-corrected chi connectivity index (χ4v) is 5.33. The van der Waals surface area contributed by atoms with Crippen molar-refractivity contribution in [2.45, 2.75) is 63.0 Å². The van der Waals surface area contributed by atoms with E-state index in [1.54, 1.807) is 7.11 Å². The quantitative estimate of drug-likeness (QED) is 0.663. The summed E-state index contributed by atoms with van der Waals surface area (Å²) < 4.78 is 56.0. The molecular weight excluding hydrogens is 441 g/mol. The number of ether oxygens (including phenoxy) is 3. The molecule has 33 heavy (non-hydrogen) atoms. The Kier molecular flexibility index (Phi) is 7.18. The SMILES string of the molecule is COC1COCCC1NC1CCC(CCO)(C(=O)N2COc3ccc(C(F)(F)F)cc3C2)C1. The fourth-order valence-electron chi connectivity index (χ4n) is 5.33.